The van der Waals surface area contributed by atoms with E-state index in [0.29, 0.717) is 12.0 Å². The summed E-state index contributed by atoms with van der Waals surface area (Å²) in [5.41, 5.74) is 0.557. The van der Waals surface area contributed by atoms with Crippen molar-refractivity contribution in [3.63, 3.8) is 0 Å². The molecule has 1 rings (SSSR count). The number of carbonyl (C=O) groups is 2. The summed E-state index contributed by atoms with van der Waals surface area (Å²) in [6.07, 6.45) is 5.44. The fraction of sp³-hybridized carbons (Fsp3) is 0.333. The highest BCUT2D eigenvalue weighted by Gasteiger charge is 2.36. The van der Waals surface area contributed by atoms with Gasteiger partial charge in [0.2, 0.25) is 0 Å². The minimum atomic E-state index is -0.366. The highest BCUT2D eigenvalue weighted by Crippen LogP contribution is 2.23. The molecule has 1 aliphatic rings. The number of likely N-dealkylation sites (tertiary alicyclic amines) is 1. The fourth-order valence-corrected chi connectivity index (χ4v) is 1.44. The topological polar surface area (TPSA) is 57.6 Å². The average molecular weight is 221 g/mol. The van der Waals surface area contributed by atoms with E-state index in [1.165, 1.54) is 0 Å². The van der Waals surface area contributed by atoms with E-state index in [4.69, 9.17) is 5.11 Å². The van der Waals surface area contributed by atoms with Crippen LogP contribution in [0.15, 0.2) is 36.0 Å². The van der Waals surface area contributed by atoms with Crippen LogP contribution in [0, 0.1) is 0 Å². The van der Waals surface area contributed by atoms with Gasteiger partial charge in [0.1, 0.15) is 0 Å². The number of rotatable bonds is 4. The third-order valence-electron chi connectivity index (χ3n) is 2.30. The van der Waals surface area contributed by atoms with E-state index in [-0.39, 0.29) is 30.5 Å². The Morgan fingerprint density at radius 3 is 2.62 bits per heavy atom. The van der Waals surface area contributed by atoms with Crippen LogP contribution in [-0.2, 0) is 9.59 Å². The van der Waals surface area contributed by atoms with Crippen LogP contribution in [0.5, 0.6) is 0 Å². The number of allylic oxidation sites excluding steroid dienone is 3. The molecule has 0 atom stereocenters. The molecule has 0 unspecified atom stereocenters. The second kappa shape index (κ2) is 5.42. The Morgan fingerprint density at radius 2 is 2.06 bits per heavy atom. The quantitative estimate of drug-likeness (QED) is 0.564. The van der Waals surface area contributed by atoms with Gasteiger partial charge in [0.15, 0.2) is 0 Å². The molecule has 0 bridgehead atoms. The monoisotopic (exact) mass is 221 g/mol. The molecule has 0 aromatic heterocycles. The summed E-state index contributed by atoms with van der Waals surface area (Å²) in [6, 6.07) is 0. The molecular weight excluding hydrogens is 206 g/mol. The van der Waals surface area contributed by atoms with E-state index in [1.54, 1.807) is 18.2 Å². The van der Waals surface area contributed by atoms with Gasteiger partial charge in [-0.15, -0.1) is 0 Å². The molecule has 86 valence electrons. The third-order valence-corrected chi connectivity index (χ3v) is 2.30. The molecule has 1 fully saturated rings. The lowest BCUT2D eigenvalue weighted by Crippen LogP contribution is -2.31. The van der Waals surface area contributed by atoms with Gasteiger partial charge in [0, 0.05) is 18.7 Å². The van der Waals surface area contributed by atoms with Crippen molar-refractivity contribution in [2.75, 3.05) is 13.2 Å². The summed E-state index contributed by atoms with van der Waals surface area (Å²) in [7, 11) is 0. The average Bonchev–Trinajstić information content (AvgIpc) is 2.47. The molecule has 1 heterocycles. The Hall–Kier alpha value is -1.68. The Balaban J connectivity index is 2.90. The standard InChI is InChI=1S/C12H15NO3/c1-3-4-6-10-9(2)11(15)13(12(10)16)7-5-8-14/h3-4,6,14H,2,5,7-8H2,1H3/b4-3-,10-6+. The molecule has 16 heavy (non-hydrogen) atoms. The summed E-state index contributed by atoms with van der Waals surface area (Å²) >= 11 is 0. The number of hydrogen-bond acceptors (Lipinski definition) is 3. The first-order valence-electron chi connectivity index (χ1n) is 5.12. The zero-order valence-electron chi connectivity index (χ0n) is 9.27. The number of imide groups is 1. The van der Waals surface area contributed by atoms with Gasteiger partial charge >= 0.3 is 0 Å². The molecule has 0 saturated carbocycles. The SMILES string of the molecule is C=C1C(=O)N(CCCO)C(=O)/C1=C/C=C\C. The van der Waals surface area contributed by atoms with Crippen LogP contribution in [0.4, 0.5) is 0 Å². The van der Waals surface area contributed by atoms with Gasteiger partial charge in [-0.05, 0) is 19.4 Å². The molecule has 0 aromatic rings. The van der Waals surface area contributed by atoms with Crippen LogP contribution in [0.2, 0.25) is 0 Å². The second-order valence-electron chi connectivity index (χ2n) is 3.42. The minimum absolute atomic E-state index is 0.0442. The third kappa shape index (κ3) is 2.28. The van der Waals surface area contributed by atoms with E-state index < -0.39 is 0 Å². The van der Waals surface area contributed by atoms with Gasteiger partial charge in [-0.3, -0.25) is 14.5 Å². The largest absolute Gasteiger partial charge is 0.396 e. The lowest BCUT2D eigenvalue weighted by Gasteiger charge is -2.11. The van der Waals surface area contributed by atoms with Crippen molar-refractivity contribution in [1.29, 1.82) is 0 Å². The van der Waals surface area contributed by atoms with Crippen molar-refractivity contribution >= 4 is 11.8 Å². The fourth-order valence-electron chi connectivity index (χ4n) is 1.44. The van der Waals surface area contributed by atoms with Gasteiger partial charge in [-0.2, -0.15) is 0 Å². The van der Waals surface area contributed by atoms with E-state index in [0.717, 1.165) is 4.90 Å². The Kier molecular flexibility index (Phi) is 4.19. The van der Waals surface area contributed by atoms with Crippen molar-refractivity contribution in [2.45, 2.75) is 13.3 Å². The van der Waals surface area contributed by atoms with Gasteiger partial charge in [-0.1, -0.05) is 18.7 Å². The van der Waals surface area contributed by atoms with E-state index in [9.17, 15) is 9.59 Å². The van der Waals surface area contributed by atoms with Crippen molar-refractivity contribution < 1.29 is 14.7 Å². The summed E-state index contributed by atoms with van der Waals surface area (Å²) in [5.74, 6) is -0.698. The molecule has 1 saturated heterocycles. The molecule has 4 nitrogen and oxygen atoms in total. The predicted octanol–water partition coefficient (Wildman–Crippen LogP) is 0.796. The Labute approximate surface area is 94.6 Å². The highest BCUT2D eigenvalue weighted by molar-refractivity contribution is 6.24. The molecule has 0 spiro atoms. The van der Waals surface area contributed by atoms with Crippen LogP contribution >= 0.6 is 0 Å². The predicted molar refractivity (Wildman–Crippen MR) is 60.5 cm³/mol. The summed E-state index contributed by atoms with van der Waals surface area (Å²) in [6.45, 7) is 5.62. The summed E-state index contributed by atoms with van der Waals surface area (Å²) in [4.78, 5) is 24.6. The lowest BCUT2D eigenvalue weighted by molar-refractivity contribution is -0.136. The van der Waals surface area contributed by atoms with E-state index >= 15 is 0 Å². The van der Waals surface area contributed by atoms with Crippen molar-refractivity contribution in [1.82, 2.24) is 4.90 Å². The van der Waals surface area contributed by atoms with Crippen LogP contribution in [0.1, 0.15) is 13.3 Å². The Morgan fingerprint density at radius 1 is 1.38 bits per heavy atom. The van der Waals surface area contributed by atoms with Crippen LogP contribution in [-0.4, -0.2) is 35.0 Å². The Bertz CT molecular complexity index is 380. The normalized spacial score (nSPS) is 19.5. The summed E-state index contributed by atoms with van der Waals surface area (Å²) < 4.78 is 0. The molecule has 1 N–H and O–H groups in total. The number of aliphatic hydroxyl groups is 1. The van der Waals surface area contributed by atoms with Crippen LogP contribution < -0.4 is 0 Å². The lowest BCUT2D eigenvalue weighted by atomic mass is 10.1. The number of aliphatic hydroxyl groups excluding tert-OH is 1. The molecular formula is C12H15NO3. The van der Waals surface area contributed by atoms with Crippen molar-refractivity contribution in [3.8, 4) is 0 Å². The zero-order valence-corrected chi connectivity index (χ0v) is 9.27. The first kappa shape index (κ1) is 12.4. The number of amides is 2. The molecule has 1 aliphatic heterocycles. The maximum atomic E-state index is 11.8. The smallest absolute Gasteiger partial charge is 0.261 e. The van der Waals surface area contributed by atoms with Crippen LogP contribution in [0.25, 0.3) is 0 Å². The van der Waals surface area contributed by atoms with Gasteiger partial charge in [0.25, 0.3) is 11.8 Å². The second-order valence-corrected chi connectivity index (χ2v) is 3.42. The molecule has 0 radical (unpaired) electrons. The molecule has 0 aliphatic carbocycles. The van der Waals surface area contributed by atoms with E-state index in [1.807, 2.05) is 6.92 Å². The highest BCUT2D eigenvalue weighted by atomic mass is 16.3. The minimum Gasteiger partial charge on any atom is -0.396 e. The van der Waals surface area contributed by atoms with Crippen LogP contribution in [0.3, 0.4) is 0 Å². The number of carbonyl (C=O) groups excluding carboxylic acids is 2. The van der Waals surface area contributed by atoms with E-state index in [2.05, 4.69) is 6.58 Å². The van der Waals surface area contributed by atoms with Gasteiger partial charge in [-0.25, -0.2) is 0 Å². The van der Waals surface area contributed by atoms with Crippen molar-refractivity contribution in [2.24, 2.45) is 0 Å². The maximum absolute atomic E-state index is 11.8. The molecule has 2 amide bonds. The first-order valence-corrected chi connectivity index (χ1v) is 5.12. The van der Waals surface area contributed by atoms with Crippen molar-refractivity contribution in [3.05, 3.63) is 36.0 Å². The molecule has 0 aromatic carbocycles. The number of hydrogen-bond donors (Lipinski definition) is 1. The van der Waals surface area contributed by atoms with Gasteiger partial charge in [0.05, 0.1) is 5.57 Å². The summed E-state index contributed by atoms with van der Waals surface area (Å²) in [5, 5.41) is 8.67. The maximum Gasteiger partial charge on any atom is 0.261 e. The zero-order chi connectivity index (χ0) is 12.1. The first-order chi connectivity index (χ1) is 7.63. The molecule has 4 heteroatoms. The van der Waals surface area contributed by atoms with Gasteiger partial charge < -0.3 is 5.11 Å². The number of nitrogens with zero attached hydrogens (tertiary/aromatic N) is 1.